The Bertz CT molecular complexity index is 631. The van der Waals surface area contributed by atoms with Crippen LogP contribution in [0.5, 0.6) is 5.75 Å². The maximum absolute atomic E-state index is 12.0. The van der Waals surface area contributed by atoms with E-state index in [-0.39, 0.29) is 25.1 Å². The molecule has 27 heavy (non-hydrogen) atoms. The molecule has 2 N–H and O–H groups in total. The molecule has 0 aliphatic heterocycles. The number of rotatable bonds is 11. The molecule has 150 valence electrons. The van der Waals surface area contributed by atoms with Gasteiger partial charge >= 0.3 is 5.97 Å². The summed E-state index contributed by atoms with van der Waals surface area (Å²) in [6.07, 6.45) is 3.03. The van der Waals surface area contributed by atoms with E-state index in [0.717, 1.165) is 19.3 Å². The van der Waals surface area contributed by atoms with E-state index in [2.05, 4.69) is 24.5 Å². The van der Waals surface area contributed by atoms with E-state index in [1.165, 1.54) is 7.11 Å². The molecular weight excluding hydrogens is 348 g/mol. The minimum atomic E-state index is -0.672. The number of ether oxygens (including phenoxy) is 2. The average molecular weight is 378 g/mol. The molecule has 1 unspecified atom stereocenters. The van der Waals surface area contributed by atoms with Crippen molar-refractivity contribution >= 4 is 17.8 Å². The van der Waals surface area contributed by atoms with Crippen molar-refractivity contribution in [2.75, 3.05) is 20.3 Å². The van der Waals surface area contributed by atoms with Gasteiger partial charge < -0.3 is 20.1 Å². The van der Waals surface area contributed by atoms with E-state index in [1.54, 1.807) is 24.3 Å². The number of esters is 1. The van der Waals surface area contributed by atoms with Gasteiger partial charge in [0.2, 0.25) is 0 Å². The van der Waals surface area contributed by atoms with Crippen LogP contribution in [0, 0.1) is 5.92 Å². The first-order valence-corrected chi connectivity index (χ1v) is 9.19. The van der Waals surface area contributed by atoms with Crippen molar-refractivity contribution in [3.05, 3.63) is 29.8 Å². The number of hydrogen-bond donors (Lipinski definition) is 2. The topological polar surface area (TPSA) is 93.7 Å². The highest BCUT2D eigenvalue weighted by atomic mass is 16.5. The van der Waals surface area contributed by atoms with Gasteiger partial charge in [-0.3, -0.25) is 14.4 Å². The van der Waals surface area contributed by atoms with Gasteiger partial charge in [0.05, 0.1) is 7.11 Å². The van der Waals surface area contributed by atoms with Gasteiger partial charge in [-0.25, -0.2) is 0 Å². The second kappa shape index (κ2) is 11.9. The molecule has 0 aliphatic rings. The van der Waals surface area contributed by atoms with E-state index in [4.69, 9.17) is 9.47 Å². The Labute approximate surface area is 160 Å². The standard InChI is InChI=1S/C20H30N2O5/c1-14(2)7-5-8-15(3)22-18(23)13-27-19(24)12-21-20(25)16-9-6-10-17(11-16)26-4/h6,9-11,14-15H,5,7-8,12-13H2,1-4H3,(H,21,25)(H,22,23). The minimum absolute atomic E-state index is 0.0303. The van der Waals surface area contributed by atoms with E-state index in [9.17, 15) is 14.4 Å². The van der Waals surface area contributed by atoms with Gasteiger partial charge in [0.25, 0.3) is 11.8 Å². The lowest BCUT2D eigenvalue weighted by Crippen LogP contribution is -2.37. The fourth-order valence-electron chi connectivity index (χ4n) is 2.44. The van der Waals surface area contributed by atoms with E-state index < -0.39 is 11.9 Å². The zero-order valence-corrected chi connectivity index (χ0v) is 16.5. The van der Waals surface area contributed by atoms with Crippen LogP contribution >= 0.6 is 0 Å². The summed E-state index contributed by atoms with van der Waals surface area (Å²) in [5, 5.41) is 5.25. The number of nitrogens with one attached hydrogen (secondary N) is 2. The Balaban J connectivity index is 2.26. The van der Waals surface area contributed by atoms with Crippen molar-refractivity contribution in [3.8, 4) is 5.75 Å². The van der Waals surface area contributed by atoms with E-state index >= 15 is 0 Å². The summed E-state index contributed by atoms with van der Waals surface area (Å²) in [7, 11) is 1.50. The quantitative estimate of drug-likeness (QED) is 0.576. The summed E-state index contributed by atoms with van der Waals surface area (Å²) in [4.78, 5) is 35.5. The molecule has 0 fully saturated rings. The molecule has 0 bridgehead atoms. The lowest BCUT2D eigenvalue weighted by Gasteiger charge is -2.14. The fourth-order valence-corrected chi connectivity index (χ4v) is 2.44. The summed E-state index contributed by atoms with van der Waals surface area (Å²) in [5.74, 6) is -0.257. The molecule has 1 rings (SSSR count). The zero-order valence-electron chi connectivity index (χ0n) is 16.5. The number of methoxy groups -OCH3 is 1. The first kappa shape index (κ1) is 22.5. The van der Waals surface area contributed by atoms with Crippen LogP contribution in [0.1, 0.15) is 50.4 Å². The monoisotopic (exact) mass is 378 g/mol. The summed E-state index contributed by atoms with van der Waals surface area (Å²) in [6, 6.07) is 6.60. The van der Waals surface area contributed by atoms with Gasteiger partial charge in [0.1, 0.15) is 12.3 Å². The molecule has 0 aliphatic carbocycles. The molecular formula is C20H30N2O5. The van der Waals surface area contributed by atoms with Gasteiger partial charge in [-0.15, -0.1) is 0 Å². The molecule has 0 saturated heterocycles. The van der Waals surface area contributed by atoms with Gasteiger partial charge in [0.15, 0.2) is 6.61 Å². The van der Waals surface area contributed by atoms with Crippen LogP contribution in [0.2, 0.25) is 0 Å². The number of carbonyl (C=O) groups is 3. The predicted octanol–water partition coefficient (Wildman–Crippen LogP) is 2.30. The summed E-state index contributed by atoms with van der Waals surface area (Å²) >= 11 is 0. The van der Waals surface area contributed by atoms with Crippen molar-refractivity contribution in [2.24, 2.45) is 5.92 Å². The third-order valence-corrected chi connectivity index (χ3v) is 3.92. The van der Waals surface area contributed by atoms with Crippen molar-refractivity contribution in [2.45, 2.75) is 46.1 Å². The molecule has 7 heteroatoms. The third kappa shape index (κ3) is 9.63. The lowest BCUT2D eigenvalue weighted by atomic mass is 10.0. The fraction of sp³-hybridized carbons (Fsp3) is 0.550. The Morgan fingerprint density at radius 1 is 1.11 bits per heavy atom. The molecule has 1 aromatic rings. The summed E-state index contributed by atoms with van der Waals surface area (Å²) in [6.45, 7) is 5.58. The molecule has 0 heterocycles. The van der Waals surface area contributed by atoms with Crippen molar-refractivity contribution < 1.29 is 23.9 Å². The van der Waals surface area contributed by atoms with E-state index in [1.807, 2.05) is 6.92 Å². The van der Waals surface area contributed by atoms with Crippen molar-refractivity contribution in [3.63, 3.8) is 0 Å². The van der Waals surface area contributed by atoms with Crippen LogP contribution in [0.4, 0.5) is 0 Å². The van der Waals surface area contributed by atoms with Gasteiger partial charge in [-0.05, 0) is 37.5 Å². The Morgan fingerprint density at radius 2 is 1.85 bits per heavy atom. The maximum Gasteiger partial charge on any atom is 0.325 e. The van der Waals surface area contributed by atoms with Gasteiger partial charge in [-0.2, -0.15) is 0 Å². The van der Waals surface area contributed by atoms with Gasteiger partial charge in [-0.1, -0.05) is 32.8 Å². The molecule has 0 spiro atoms. The third-order valence-electron chi connectivity index (χ3n) is 3.92. The Hall–Kier alpha value is -2.57. The Morgan fingerprint density at radius 3 is 2.52 bits per heavy atom. The highest BCUT2D eigenvalue weighted by Crippen LogP contribution is 2.12. The normalized spacial score (nSPS) is 11.6. The van der Waals surface area contributed by atoms with Crippen LogP contribution in [0.25, 0.3) is 0 Å². The second-order valence-corrected chi connectivity index (χ2v) is 6.87. The number of amides is 2. The molecule has 7 nitrogen and oxygen atoms in total. The van der Waals surface area contributed by atoms with Crippen LogP contribution in [0.15, 0.2) is 24.3 Å². The first-order chi connectivity index (χ1) is 12.8. The SMILES string of the molecule is COc1cccc(C(=O)NCC(=O)OCC(=O)NC(C)CCCC(C)C)c1. The predicted molar refractivity (Wildman–Crippen MR) is 103 cm³/mol. The highest BCUT2D eigenvalue weighted by Gasteiger charge is 2.13. The molecule has 1 atom stereocenters. The van der Waals surface area contributed by atoms with Crippen LogP contribution < -0.4 is 15.4 Å². The summed E-state index contributed by atoms with van der Waals surface area (Å²) in [5.41, 5.74) is 0.370. The van der Waals surface area contributed by atoms with Crippen molar-refractivity contribution in [1.29, 1.82) is 0 Å². The number of hydrogen-bond acceptors (Lipinski definition) is 5. The smallest absolute Gasteiger partial charge is 0.325 e. The first-order valence-electron chi connectivity index (χ1n) is 9.19. The van der Waals surface area contributed by atoms with Crippen LogP contribution in [-0.4, -0.2) is 44.1 Å². The average Bonchev–Trinajstić information content (AvgIpc) is 2.64. The van der Waals surface area contributed by atoms with Gasteiger partial charge in [0, 0.05) is 11.6 Å². The second-order valence-electron chi connectivity index (χ2n) is 6.87. The molecule has 1 aromatic carbocycles. The number of carbonyl (C=O) groups excluding carboxylic acids is 3. The minimum Gasteiger partial charge on any atom is -0.497 e. The lowest BCUT2D eigenvalue weighted by molar-refractivity contribution is -0.147. The van der Waals surface area contributed by atoms with Crippen LogP contribution in [0.3, 0.4) is 0 Å². The van der Waals surface area contributed by atoms with Crippen molar-refractivity contribution in [1.82, 2.24) is 10.6 Å². The van der Waals surface area contributed by atoms with Crippen LogP contribution in [-0.2, 0) is 14.3 Å². The Kier molecular flexibility index (Phi) is 9.93. The van der Waals surface area contributed by atoms with E-state index in [0.29, 0.717) is 17.2 Å². The largest absolute Gasteiger partial charge is 0.497 e. The number of benzene rings is 1. The molecule has 0 radical (unpaired) electrons. The highest BCUT2D eigenvalue weighted by molar-refractivity contribution is 5.96. The molecule has 0 aromatic heterocycles. The zero-order chi connectivity index (χ0) is 20.2. The summed E-state index contributed by atoms with van der Waals surface area (Å²) < 4.78 is 9.94. The molecule has 2 amide bonds. The maximum atomic E-state index is 12.0. The molecule has 0 saturated carbocycles.